The summed E-state index contributed by atoms with van der Waals surface area (Å²) >= 11 is 11.8. The molecule has 2 saturated carbocycles. The molecule has 0 aliphatic heterocycles. The van der Waals surface area contributed by atoms with Crippen LogP contribution in [0.15, 0.2) is 109 Å². The predicted molar refractivity (Wildman–Crippen MR) is 232 cm³/mol. The highest BCUT2D eigenvalue weighted by Gasteiger charge is 2.39. The largest absolute Gasteiger partial charge is 0.385 e. The Hall–Kier alpha value is -4.96. The summed E-state index contributed by atoms with van der Waals surface area (Å²) in [5, 5.41) is 20.1. The van der Waals surface area contributed by atoms with Gasteiger partial charge >= 0.3 is 0 Å². The number of hydrogen-bond donors (Lipinski definition) is 3. The number of pyridine rings is 2. The van der Waals surface area contributed by atoms with Gasteiger partial charge in [-0.2, -0.15) is 0 Å². The summed E-state index contributed by atoms with van der Waals surface area (Å²) < 4.78 is 27.6. The molecule has 0 bridgehead atoms. The number of hydrogen-bond acceptors (Lipinski definition) is 5. The first kappa shape index (κ1) is 42.2. The number of aliphatic hydroxyl groups is 1. The monoisotopic (exact) mass is 836 g/mol. The van der Waals surface area contributed by atoms with E-state index in [0.717, 1.165) is 42.3 Å². The molecular formula is C48H48Cl2F2N4O3. The predicted octanol–water partition coefficient (Wildman–Crippen LogP) is 12.3. The molecule has 7 nitrogen and oxygen atoms in total. The van der Waals surface area contributed by atoms with Crippen molar-refractivity contribution >= 4 is 68.2 Å². The average molecular weight is 838 g/mol. The van der Waals surface area contributed by atoms with E-state index < -0.39 is 5.60 Å². The number of rotatable bonds is 8. The zero-order chi connectivity index (χ0) is 41.7. The van der Waals surface area contributed by atoms with Gasteiger partial charge in [-0.3, -0.25) is 19.6 Å². The molecule has 11 heteroatoms. The molecule has 2 heterocycles. The first-order valence-electron chi connectivity index (χ1n) is 20.3. The summed E-state index contributed by atoms with van der Waals surface area (Å²) in [7, 11) is 0. The number of amides is 2. The molecule has 3 N–H and O–H groups in total. The molecule has 0 unspecified atom stereocenters. The normalized spacial score (nSPS) is 21.5. The molecule has 2 aliphatic carbocycles. The maximum Gasteiger partial charge on any atom is 0.227 e. The summed E-state index contributed by atoms with van der Waals surface area (Å²) in [6.07, 6.45) is 9.90. The van der Waals surface area contributed by atoms with Crippen LogP contribution in [0.2, 0.25) is 10.0 Å². The van der Waals surface area contributed by atoms with Gasteiger partial charge in [0.15, 0.2) is 0 Å². The quantitative estimate of drug-likeness (QED) is 0.142. The molecule has 6 aromatic rings. The number of nitrogens with one attached hydrogen (secondary N) is 2. The minimum absolute atomic E-state index is 0.0378. The van der Waals surface area contributed by atoms with Gasteiger partial charge in [-0.05, 0) is 177 Å². The van der Waals surface area contributed by atoms with E-state index in [1.807, 2.05) is 38.2 Å². The molecule has 8 rings (SSSR count). The minimum atomic E-state index is -1.04. The second kappa shape index (κ2) is 18.5. The zero-order valence-electron chi connectivity index (χ0n) is 33.1. The Morgan fingerprint density at radius 1 is 0.644 bits per heavy atom. The average Bonchev–Trinajstić information content (AvgIpc) is 3.25. The van der Waals surface area contributed by atoms with Crippen molar-refractivity contribution in [3.8, 4) is 0 Å². The Balaban J connectivity index is 0.000000179. The summed E-state index contributed by atoms with van der Waals surface area (Å²) in [6, 6.07) is 27.2. The lowest BCUT2D eigenvalue weighted by atomic mass is 9.71. The summed E-state index contributed by atoms with van der Waals surface area (Å²) in [5.74, 6) is 0.0943. The van der Waals surface area contributed by atoms with Crippen LogP contribution in [-0.2, 0) is 15.2 Å². The van der Waals surface area contributed by atoms with Gasteiger partial charge in [-0.15, -0.1) is 0 Å². The molecule has 59 heavy (non-hydrogen) atoms. The molecule has 2 amide bonds. The molecule has 0 spiro atoms. The molecular weight excluding hydrogens is 789 g/mol. The fraction of sp³-hybridized carbons (Fsp3) is 0.333. The second-order valence-corrected chi connectivity index (χ2v) is 17.0. The minimum Gasteiger partial charge on any atom is -0.385 e. The van der Waals surface area contributed by atoms with Gasteiger partial charge in [-0.1, -0.05) is 37.0 Å². The number of benzene rings is 4. The molecule has 306 valence electrons. The SMILES string of the molecule is C[C@@H](C(=O)Nc1ccc(Cl)cc1)C1CCC(c2ccnc3ccc(F)cc23)CC1.C[C@H](C(=O)Nc1ccc(Cl)cc1)C1CCC(O)(c2ccnc3ccc(F)cc23)CC1. The van der Waals surface area contributed by atoms with Crippen LogP contribution in [0.25, 0.3) is 21.8 Å². The maximum absolute atomic E-state index is 13.8. The summed E-state index contributed by atoms with van der Waals surface area (Å²) in [4.78, 5) is 34.0. The van der Waals surface area contributed by atoms with E-state index in [4.69, 9.17) is 23.2 Å². The Morgan fingerprint density at radius 3 is 1.63 bits per heavy atom. The smallest absolute Gasteiger partial charge is 0.227 e. The second-order valence-electron chi connectivity index (χ2n) is 16.1. The van der Waals surface area contributed by atoms with E-state index in [1.165, 1.54) is 23.8 Å². The van der Waals surface area contributed by atoms with Crippen molar-refractivity contribution in [2.24, 2.45) is 23.7 Å². The third kappa shape index (κ3) is 10.1. The van der Waals surface area contributed by atoms with Crippen LogP contribution in [0.5, 0.6) is 0 Å². The number of fused-ring (bicyclic) bond motifs is 2. The highest BCUT2D eigenvalue weighted by atomic mass is 35.5. The number of halogens is 4. The summed E-state index contributed by atoms with van der Waals surface area (Å²) in [6.45, 7) is 3.94. The van der Waals surface area contributed by atoms with E-state index in [2.05, 4.69) is 20.6 Å². The number of carbonyl (C=O) groups excluding carboxylic acids is 2. The van der Waals surface area contributed by atoms with Gasteiger partial charge in [-0.25, -0.2) is 8.78 Å². The standard InChI is InChI=1S/C24H24ClFN2O2.C24H24ClFN2O/c1-15(23(29)28-19-5-2-17(25)3-6-19)16-8-11-24(30,12-9-16)21-10-13-27-22-7-4-18(26)14-20(21)22;1-15(24(29)28-20-9-6-18(25)7-10-20)16-2-4-17(5-3-16)21-12-13-27-23-11-8-19(26)14-22(21)23/h2-7,10,13-16,30H,8-9,11-12H2,1H3,(H,28,29);6-17H,2-5H2,1H3,(H,28,29)/t15-,16?,24?;15-,16?,17?/m01/s1. The van der Waals surface area contributed by atoms with E-state index in [1.54, 1.807) is 66.9 Å². The van der Waals surface area contributed by atoms with Gasteiger partial charge < -0.3 is 15.7 Å². The highest BCUT2D eigenvalue weighted by Crippen LogP contribution is 2.44. The third-order valence-corrected chi connectivity index (χ3v) is 13.0. The van der Waals surface area contributed by atoms with Crippen molar-refractivity contribution < 1.29 is 23.5 Å². The van der Waals surface area contributed by atoms with Gasteiger partial charge in [0, 0.05) is 56.4 Å². The fourth-order valence-electron chi connectivity index (χ4n) is 8.84. The first-order valence-corrected chi connectivity index (χ1v) is 21.1. The van der Waals surface area contributed by atoms with E-state index in [9.17, 15) is 23.5 Å². The van der Waals surface area contributed by atoms with E-state index >= 15 is 0 Å². The topological polar surface area (TPSA) is 104 Å². The van der Waals surface area contributed by atoms with Crippen LogP contribution in [0.1, 0.15) is 82.3 Å². The molecule has 2 aliphatic rings. The lowest BCUT2D eigenvalue weighted by Gasteiger charge is -2.38. The van der Waals surface area contributed by atoms with Crippen molar-refractivity contribution in [2.45, 2.75) is 76.7 Å². The van der Waals surface area contributed by atoms with Crippen molar-refractivity contribution in [1.82, 2.24) is 9.97 Å². The number of aromatic nitrogens is 2. The number of anilines is 2. The van der Waals surface area contributed by atoms with Gasteiger partial charge in [0.2, 0.25) is 11.8 Å². The Kier molecular flexibility index (Phi) is 13.2. The lowest BCUT2D eigenvalue weighted by Crippen LogP contribution is -2.36. The molecule has 0 saturated heterocycles. The van der Waals surface area contributed by atoms with E-state index in [0.29, 0.717) is 69.7 Å². The van der Waals surface area contributed by atoms with Crippen LogP contribution in [0.4, 0.5) is 20.2 Å². The van der Waals surface area contributed by atoms with Gasteiger partial charge in [0.05, 0.1) is 16.6 Å². The van der Waals surface area contributed by atoms with Crippen LogP contribution < -0.4 is 10.6 Å². The third-order valence-electron chi connectivity index (χ3n) is 12.5. The molecule has 2 fully saturated rings. The van der Waals surface area contributed by atoms with Crippen LogP contribution in [0.3, 0.4) is 0 Å². The van der Waals surface area contributed by atoms with Crippen molar-refractivity contribution in [3.63, 3.8) is 0 Å². The molecule has 4 aromatic carbocycles. The van der Waals surface area contributed by atoms with Crippen molar-refractivity contribution in [1.29, 1.82) is 0 Å². The fourth-order valence-corrected chi connectivity index (χ4v) is 9.10. The molecule has 2 atom stereocenters. The van der Waals surface area contributed by atoms with Crippen molar-refractivity contribution in [3.05, 3.63) is 142 Å². The van der Waals surface area contributed by atoms with Crippen LogP contribution >= 0.6 is 23.2 Å². The lowest BCUT2D eigenvalue weighted by molar-refractivity contribution is -0.122. The highest BCUT2D eigenvalue weighted by molar-refractivity contribution is 6.31. The Morgan fingerprint density at radius 2 is 1.10 bits per heavy atom. The Labute approximate surface area is 353 Å². The zero-order valence-corrected chi connectivity index (χ0v) is 34.6. The van der Waals surface area contributed by atoms with Crippen molar-refractivity contribution in [2.75, 3.05) is 10.6 Å². The molecule has 2 aromatic heterocycles. The van der Waals surface area contributed by atoms with Crippen LogP contribution in [-0.4, -0.2) is 26.9 Å². The molecule has 0 radical (unpaired) electrons. The number of nitrogens with zero attached hydrogens (tertiary/aromatic N) is 2. The van der Waals surface area contributed by atoms with Gasteiger partial charge in [0.25, 0.3) is 0 Å². The Bertz CT molecular complexity index is 2420. The van der Waals surface area contributed by atoms with Crippen LogP contribution in [0, 0.1) is 35.3 Å². The van der Waals surface area contributed by atoms with E-state index in [-0.39, 0.29) is 41.2 Å². The summed E-state index contributed by atoms with van der Waals surface area (Å²) in [5.41, 5.74) is 3.83. The first-order chi connectivity index (χ1) is 28.4. The van der Waals surface area contributed by atoms with Gasteiger partial charge in [0.1, 0.15) is 11.6 Å². The maximum atomic E-state index is 13.8. The number of carbonyl (C=O) groups is 2.